The molecule has 2 N–H and O–H groups in total. The number of nitrogens with two attached hydrogens (primary N) is 1. The minimum absolute atomic E-state index is 0.346. The van der Waals surface area contributed by atoms with E-state index in [1.54, 1.807) is 0 Å². The van der Waals surface area contributed by atoms with Crippen LogP contribution in [0.25, 0.3) is 0 Å². The second-order valence-electron chi connectivity index (χ2n) is 2.86. The average molecular weight is 183 g/mol. The van der Waals surface area contributed by atoms with Crippen LogP contribution < -0.4 is 10.5 Å². The topological polar surface area (TPSA) is 35.2 Å². The number of hydrogen-bond donors (Lipinski definition) is 1. The van der Waals surface area contributed by atoms with Gasteiger partial charge in [0, 0.05) is 17.7 Å². The predicted molar refractivity (Wildman–Crippen MR) is 51.7 cm³/mol. The molecule has 0 radical (unpaired) electrons. The van der Waals surface area contributed by atoms with Crippen molar-refractivity contribution in [2.75, 3.05) is 19.0 Å². The summed E-state index contributed by atoms with van der Waals surface area (Å²) in [6.07, 6.45) is 0.425. The number of hydrogen-bond acceptors (Lipinski definition) is 2. The fourth-order valence-corrected chi connectivity index (χ4v) is 1.02. The molecule has 0 aromatic heterocycles. The maximum Gasteiger partial charge on any atom is 0.124 e. The molecule has 0 spiro atoms. The van der Waals surface area contributed by atoms with Gasteiger partial charge in [-0.2, -0.15) is 0 Å². The number of ether oxygens (including phenoxy) is 1. The van der Waals surface area contributed by atoms with Gasteiger partial charge in [-0.15, -0.1) is 0 Å². The monoisotopic (exact) mass is 183 g/mol. The molecule has 0 aliphatic rings. The minimum atomic E-state index is -0.346. The maximum atomic E-state index is 11.8. The van der Waals surface area contributed by atoms with E-state index in [0.717, 1.165) is 11.3 Å². The number of alkyl halides is 1. The van der Waals surface area contributed by atoms with Gasteiger partial charge in [0.2, 0.25) is 0 Å². The van der Waals surface area contributed by atoms with E-state index in [4.69, 9.17) is 10.5 Å². The summed E-state index contributed by atoms with van der Waals surface area (Å²) in [4.78, 5) is 0. The molecule has 0 aliphatic carbocycles. The SMILES string of the molecule is Cc1c(N)cccc1OCCCF. The van der Waals surface area contributed by atoms with Gasteiger partial charge in [-0.1, -0.05) is 6.07 Å². The molecular weight excluding hydrogens is 169 g/mol. The quantitative estimate of drug-likeness (QED) is 0.574. The highest BCUT2D eigenvalue weighted by Crippen LogP contribution is 2.22. The molecule has 0 saturated carbocycles. The third kappa shape index (κ3) is 2.61. The molecule has 0 heterocycles. The smallest absolute Gasteiger partial charge is 0.124 e. The lowest BCUT2D eigenvalue weighted by Gasteiger charge is -2.09. The van der Waals surface area contributed by atoms with E-state index in [2.05, 4.69) is 0 Å². The van der Waals surface area contributed by atoms with Crippen LogP contribution in [0.2, 0.25) is 0 Å². The first-order chi connectivity index (χ1) is 6.25. The van der Waals surface area contributed by atoms with Crippen molar-refractivity contribution in [2.45, 2.75) is 13.3 Å². The molecule has 0 saturated heterocycles. The van der Waals surface area contributed by atoms with Gasteiger partial charge in [0.25, 0.3) is 0 Å². The van der Waals surface area contributed by atoms with E-state index in [0.29, 0.717) is 18.7 Å². The van der Waals surface area contributed by atoms with Gasteiger partial charge in [0.05, 0.1) is 13.3 Å². The molecule has 1 aromatic rings. The van der Waals surface area contributed by atoms with Crippen LogP contribution in [-0.2, 0) is 0 Å². The highest BCUT2D eigenvalue weighted by Gasteiger charge is 2.01. The Morgan fingerprint density at radius 2 is 2.23 bits per heavy atom. The Morgan fingerprint density at radius 1 is 1.46 bits per heavy atom. The summed E-state index contributed by atoms with van der Waals surface area (Å²) in [5.74, 6) is 0.744. The first-order valence-electron chi connectivity index (χ1n) is 4.29. The van der Waals surface area contributed by atoms with E-state index >= 15 is 0 Å². The summed E-state index contributed by atoms with van der Waals surface area (Å²) in [5, 5.41) is 0. The van der Waals surface area contributed by atoms with Crippen molar-refractivity contribution >= 4 is 5.69 Å². The van der Waals surface area contributed by atoms with Crippen LogP contribution in [0, 0.1) is 6.92 Å². The Balaban J connectivity index is 2.61. The van der Waals surface area contributed by atoms with Crippen molar-refractivity contribution in [1.82, 2.24) is 0 Å². The summed E-state index contributed by atoms with van der Waals surface area (Å²) in [6.45, 7) is 1.95. The number of benzene rings is 1. The van der Waals surface area contributed by atoms with E-state index in [9.17, 15) is 4.39 Å². The van der Waals surface area contributed by atoms with E-state index in [-0.39, 0.29) is 6.67 Å². The zero-order valence-electron chi connectivity index (χ0n) is 7.72. The molecule has 0 fully saturated rings. The second-order valence-corrected chi connectivity index (χ2v) is 2.86. The minimum Gasteiger partial charge on any atom is -0.493 e. The lowest BCUT2D eigenvalue weighted by Crippen LogP contribution is -2.01. The Hall–Kier alpha value is -1.25. The number of anilines is 1. The summed E-state index contributed by atoms with van der Waals surface area (Å²) < 4.78 is 17.1. The highest BCUT2D eigenvalue weighted by molar-refractivity contribution is 5.53. The molecule has 0 aliphatic heterocycles. The van der Waals surface area contributed by atoms with Gasteiger partial charge in [0.15, 0.2) is 0 Å². The van der Waals surface area contributed by atoms with Crippen LogP contribution in [0.4, 0.5) is 10.1 Å². The van der Waals surface area contributed by atoms with Crippen LogP contribution in [0.5, 0.6) is 5.75 Å². The molecule has 1 rings (SSSR count). The molecule has 1 aromatic carbocycles. The molecule has 13 heavy (non-hydrogen) atoms. The second kappa shape index (κ2) is 4.70. The van der Waals surface area contributed by atoms with E-state index < -0.39 is 0 Å². The molecule has 0 atom stereocenters. The molecule has 72 valence electrons. The molecule has 2 nitrogen and oxygen atoms in total. The molecular formula is C10H14FNO. The zero-order chi connectivity index (χ0) is 9.68. The molecule has 0 unspecified atom stereocenters. The Bertz CT molecular complexity index is 276. The summed E-state index contributed by atoms with van der Waals surface area (Å²) in [6, 6.07) is 5.48. The number of rotatable bonds is 4. The normalized spacial score (nSPS) is 10.0. The third-order valence-electron chi connectivity index (χ3n) is 1.86. The summed E-state index contributed by atoms with van der Waals surface area (Å²) in [5.41, 5.74) is 7.29. The van der Waals surface area contributed by atoms with Gasteiger partial charge >= 0.3 is 0 Å². The third-order valence-corrected chi connectivity index (χ3v) is 1.86. The van der Waals surface area contributed by atoms with Crippen LogP contribution in [0.3, 0.4) is 0 Å². The first kappa shape index (κ1) is 9.84. The maximum absolute atomic E-state index is 11.8. The van der Waals surface area contributed by atoms with Crippen molar-refractivity contribution in [3.05, 3.63) is 23.8 Å². The average Bonchev–Trinajstić information content (AvgIpc) is 2.13. The lowest BCUT2D eigenvalue weighted by molar-refractivity contribution is 0.288. The fourth-order valence-electron chi connectivity index (χ4n) is 1.02. The van der Waals surface area contributed by atoms with Gasteiger partial charge in [-0.05, 0) is 19.1 Å². The van der Waals surface area contributed by atoms with Gasteiger partial charge < -0.3 is 10.5 Å². The first-order valence-corrected chi connectivity index (χ1v) is 4.29. The van der Waals surface area contributed by atoms with Crippen molar-refractivity contribution in [3.63, 3.8) is 0 Å². The molecule has 3 heteroatoms. The predicted octanol–water partition coefficient (Wildman–Crippen LogP) is 2.32. The van der Waals surface area contributed by atoms with Gasteiger partial charge in [-0.25, -0.2) is 0 Å². The zero-order valence-corrected chi connectivity index (χ0v) is 7.72. The van der Waals surface area contributed by atoms with E-state index in [1.165, 1.54) is 0 Å². The Labute approximate surface area is 77.5 Å². The Morgan fingerprint density at radius 3 is 2.92 bits per heavy atom. The van der Waals surface area contributed by atoms with Crippen LogP contribution in [0.15, 0.2) is 18.2 Å². The fraction of sp³-hybridized carbons (Fsp3) is 0.400. The molecule has 0 amide bonds. The Kier molecular flexibility index (Phi) is 3.55. The van der Waals surface area contributed by atoms with Crippen molar-refractivity contribution in [3.8, 4) is 5.75 Å². The highest BCUT2D eigenvalue weighted by atomic mass is 19.1. The van der Waals surface area contributed by atoms with Crippen molar-refractivity contribution < 1.29 is 9.13 Å². The lowest BCUT2D eigenvalue weighted by atomic mass is 10.2. The van der Waals surface area contributed by atoms with Crippen molar-refractivity contribution in [1.29, 1.82) is 0 Å². The van der Waals surface area contributed by atoms with Crippen LogP contribution in [0.1, 0.15) is 12.0 Å². The summed E-state index contributed by atoms with van der Waals surface area (Å²) >= 11 is 0. The standard InChI is InChI=1S/C10H14FNO/c1-8-9(12)4-2-5-10(8)13-7-3-6-11/h2,4-5H,3,6-7,12H2,1H3. The largest absolute Gasteiger partial charge is 0.493 e. The van der Waals surface area contributed by atoms with Crippen molar-refractivity contribution in [2.24, 2.45) is 0 Å². The van der Waals surface area contributed by atoms with Gasteiger partial charge in [0.1, 0.15) is 5.75 Å². The van der Waals surface area contributed by atoms with E-state index in [1.807, 2.05) is 25.1 Å². The van der Waals surface area contributed by atoms with Crippen LogP contribution >= 0.6 is 0 Å². The number of nitrogen functional groups attached to an aromatic ring is 1. The van der Waals surface area contributed by atoms with Gasteiger partial charge in [-0.3, -0.25) is 4.39 Å². The summed E-state index contributed by atoms with van der Waals surface area (Å²) in [7, 11) is 0. The number of halogens is 1. The molecule has 0 bridgehead atoms. The van der Waals surface area contributed by atoms with Crippen LogP contribution in [-0.4, -0.2) is 13.3 Å².